The topological polar surface area (TPSA) is 112 Å². The number of benzene rings is 3. The van der Waals surface area contributed by atoms with Crippen LogP contribution in [0.15, 0.2) is 72.8 Å². The van der Waals surface area contributed by atoms with Crippen molar-refractivity contribution in [2.45, 2.75) is 58.1 Å². The Morgan fingerprint density at radius 3 is 1.87 bits per heavy atom. The fourth-order valence-corrected chi connectivity index (χ4v) is 5.62. The molecule has 0 bridgehead atoms. The number of carboxylic acids is 1. The van der Waals surface area contributed by atoms with Gasteiger partial charge < -0.3 is 25.0 Å². The summed E-state index contributed by atoms with van der Waals surface area (Å²) >= 11 is 0. The first kappa shape index (κ1) is 34.1. The van der Waals surface area contributed by atoms with E-state index in [1.165, 1.54) is 29.2 Å². The fraction of sp³-hybridized carbons (Fsp3) is 0.306. The highest BCUT2D eigenvalue weighted by atomic mass is 19.1. The van der Waals surface area contributed by atoms with Crippen molar-refractivity contribution in [2.24, 2.45) is 0 Å². The van der Waals surface area contributed by atoms with Crippen LogP contribution in [0.2, 0.25) is 0 Å². The molecule has 0 saturated heterocycles. The molecule has 1 aromatic heterocycles. The van der Waals surface area contributed by atoms with Crippen molar-refractivity contribution >= 4 is 23.5 Å². The van der Waals surface area contributed by atoms with E-state index in [9.17, 15) is 28.3 Å². The summed E-state index contributed by atoms with van der Waals surface area (Å²) in [6, 6.07) is 18.2. The second kappa shape index (κ2) is 15.0. The molecule has 3 N–H and O–H groups in total. The van der Waals surface area contributed by atoms with Gasteiger partial charge in [0, 0.05) is 48.2 Å². The molecular weight excluding hydrogens is 592 g/mol. The van der Waals surface area contributed by atoms with Crippen LogP contribution >= 0.6 is 0 Å². The predicted octanol–water partition coefficient (Wildman–Crippen LogP) is 7.18. The molecule has 0 spiro atoms. The maximum absolute atomic E-state index is 14.3. The molecule has 8 nitrogen and oxygen atoms in total. The average Bonchev–Trinajstić information content (AvgIpc) is 3.35. The highest BCUT2D eigenvalue weighted by Gasteiger charge is 2.30. The van der Waals surface area contributed by atoms with Gasteiger partial charge in [-0.25, -0.2) is 8.78 Å². The number of aliphatic hydroxyl groups excluding tert-OH is 1. The van der Waals surface area contributed by atoms with Gasteiger partial charge in [0.1, 0.15) is 17.3 Å². The van der Waals surface area contributed by atoms with Crippen LogP contribution in [-0.2, 0) is 11.2 Å². The van der Waals surface area contributed by atoms with E-state index in [2.05, 4.69) is 5.32 Å². The predicted molar refractivity (Wildman–Crippen MR) is 174 cm³/mol. The number of unbranched alkanes of at least 4 members (excludes halogenated alkanes) is 1. The SMILES string of the molecule is CC(C)n1c(CCCC[C@@H](O)CC(=O)O)c(-c2ccc(F)cc2)c(-c2ccc(F)cc2)c1C(=O)Nc1ccc(C(=O)N(C)C)cc1. The number of aromatic nitrogens is 1. The van der Waals surface area contributed by atoms with E-state index in [-0.39, 0.29) is 18.4 Å². The van der Waals surface area contributed by atoms with Gasteiger partial charge in [-0.1, -0.05) is 30.7 Å². The fourth-order valence-electron chi connectivity index (χ4n) is 5.62. The lowest BCUT2D eigenvalue weighted by Gasteiger charge is -2.19. The van der Waals surface area contributed by atoms with Gasteiger partial charge in [0.05, 0.1) is 12.5 Å². The second-order valence-electron chi connectivity index (χ2n) is 11.8. The lowest BCUT2D eigenvalue weighted by molar-refractivity contribution is -0.139. The first-order valence-electron chi connectivity index (χ1n) is 15.2. The summed E-state index contributed by atoms with van der Waals surface area (Å²) < 4.78 is 30.1. The van der Waals surface area contributed by atoms with Crippen molar-refractivity contribution in [1.82, 2.24) is 9.47 Å². The summed E-state index contributed by atoms with van der Waals surface area (Å²) in [6.07, 6.45) is 0.561. The Bertz CT molecular complexity index is 1680. The molecular formula is C36H39F2N3O5. The van der Waals surface area contributed by atoms with Crippen LogP contribution in [0.1, 0.15) is 72.1 Å². The third-order valence-electron chi connectivity index (χ3n) is 7.71. The molecule has 4 aromatic rings. The minimum absolute atomic E-state index is 0.172. The summed E-state index contributed by atoms with van der Waals surface area (Å²) in [5, 5.41) is 22.1. The Labute approximate surface area is 267 Å². The van der Waals surface area contributed by atoms with Crippen LogP contribution in [0.25, 0.3) is 22.3 Å². The molecule has 1 atom stereocenters. The molecule has 0 aliphatic carbocycles. The van der Waals surface area contributed by atoms with Crippen LogP contribution < -0.4 is 5.32 Å². The number of carbonyl (C=O) groups excluding carboxylic acids is 2. The number of carboxylic acid groups (broad SMARTS) is 1. The van der Waals surface area contributed by atoms with Crippen molar-refractivity contribution < 1.29 is 33.4 Å². The van der Waals surface area contributed by atoms with Crippen molar-refractivity contribution in [3.63, 3.8) is 0 Å². The number of nitrogens with zero attached hydrogens (tertiary/aromatic N) is 2. The number of carbonyl (C=O) groups is 3. The number of halogens is 2. The average molecular weight is 632 g/mol. The van der Waals surface area contributed by atoms with Gasteiger partial charge >= 0.3 is 5.97 Å². The summed E-state index contributed by atoms with van der Waals surface area (Å²) in [5.74, 6) is -2.52. The molecule has 46 heavy (non-hydrogen) atoms. The van der Waals surface area contributed by atoms with Crippen molar-refractivity contribution in [1.29, 1.82) is 0 Å². The number of rotatable bonds is 13. The zero-order valence-electron chi connectivity index (χ0n) is 26.4. The molecule has 0 aliphatic heterocycles. The van der Waals surface area contributed by atoms with Crippen LogP contribution in [0.5, 0.6) is 0 Å². The zero-order chi connectivity index (χ0) is 33.5. The monoisotopic (exact) mass is 631 g/mol. The maximum atomic E-state index is 14.3. The van der Waals surface area contributed by atoms with Gasteiger partial charge in [-0.3, -0.25) is 14.4 Å². The number of amides is 2. The minimum atomic E-state index is -1.07. The Balaban J connectivity index is 1.86. The van der Waals surface area contributed by atoms with Gasteiger partial charge in [-0.15, -0.1) is 0 Å². The molecule has 2 amide bonds. The van der Waals surface area contributed by atoms with Gasteiger partial charge in [0.2, 0.25) is 0 Å². The van der Waals surface area contributed by atoms with Crippen LogP contribution in [-0.4, -0.2) is 57.7 Å². The Morgan fingerprint density at radius 2 is 1.37 bits per heavy atom. The number of hydrogen-bond donors (Lipinski definition) is 3. The minimum Gasteiger partial charge on any atom is -0.481 e. The van der Waals surface area contributed by atoms with Gasteiger partial charge in [0.15, 0.2) is 0 Å². The summed E-state index contributed by atoms with van der Waals surface area (Å²) in [4.78, 5) is 39.1. The first-order valence-corrected chi connectivity index (χ1v) is 15.2. The molecule has 242 valence electrons. The second-order valence-corrected chi connectivity index (χ2v) is 11.8. The largest absolute Gasteiger partial charge is 0.481 e. The summed E-state index contributed by atoms with van der Waals surface area (Å²) in [6.45, 7) is 3.89. The Hall–Kier alpha value is -4.83. The molecule has 0 radical (unpaired) electrons. The number of hydrogen-bond acceptors (Lipinski definition) is 4. The standard InChI is InChI=1S/C36H39F2N3O5/c1-22(2)41-30(8-6-5-7-29(42)21-31(43)44)32(23-9-15-26(37)16-10-23)33(24-11-17-27(38)18-12-24)34(41)35(45)39-28-19-13-25(14-20-28)36(46)40(3)4/h9-20,22,29,42H,5-8,21H2,1-4H3,(H,39,45)(H,43,44)/t29-/m1/s1. The van der Waals surface area contributed by atoms with Gasteiger partial charge in [0.25, 0.3) is 11.8 Å². The molecule has 4 rings (SSSR count). The quantitative estimate of drug-likeness (QED) is 0.135. The van der Waals surface area contributed by atoms with Crippen LogP contribution in [0.4, 0.5) is 14.5 Å². The molecule has 1 heterocycles. The number of aliphatic carboxylic acids is 1. The van der Waals surface area contributed by atoms with E-state index in [0.29, 0.717) is 64.9 Å². The van der Waals surface area contributed by atoms with E-state index in [4.69, 9.17) is 5.11 Å². The summed E-state index contributed by atoms with van der Waals surface area (Å²) in [5.41, 5.74) is 4.58. The van der Waals surface area contributed by atoms with E-state index >= 15 is 0 Å². The van der Waals surface area contributed by atoms with Gasteiger partial charge in [-0.05, 0) is 92.8 Å². The van der Waals surface area contributed by atoms with E-state index < -0.39 is 29.6 Å². The van der Waals surface area contributed by atoms with Crippen LogP contribution in [0, 0.1) is 11.6 Å². The molecule has 10 heteroatoms. The lowest BCUT2D eigenvalue weighted by Crippen LogP contribution is -2.22. The molecule has 0 unspecified atom stereocenters. The Morgan fingerprint density at radius 1 is 0.826 bits per heavy atom. The number of nitrogens with one attached hydrogen (secondary N) is 1. The highest BCUT2D eigenvalue weighted by Crippen LogP contribution is 2.43. The zero-order valence-corrected chi connectivity index (χ0v) is 26.4. The molecule has 0 saturated carbocycles. The number of anilines is 1. The van der Waals surface area contributed by atoms with Gasteiger partial charge in [-0.2, -0.15) is 0 Å². The molecule has 3 aromatic carbocycles. The van der Waals surface area contributed by atoms with E-state index in [1.807, 2.05) is 18.4 Å². The maximum Gasteiger partial charge on any atom is 0.305 e. The Kier molecular flexibility index (Phi) is 11.1. The third kappa shape index (κ3) is 8.06. The highest BCUT2D eigenvalue weighted by molar-refractivity contribution is 6.11. The third-order valence-corrected chi connectivity index (χ3v) is 7.71. The molecule has 0 fully saturated rings. The first-order chi connectivity index (χ1) is 21.9. The smallest absolute Gasteiger partial charge is 0.305 e. The number of aliphatic hydroxyl groups is 1. The summed E-state index contributed by atoms with van der Waals surface area (Å²) in [7, 11) is 3.31. The van der Waals surface area contributed by atoms with Crippen molar-refractivity contribution in [3.05, 3.63) is 101 Å². The molecule has 0 aliphatic rings. The lowest BCUT2D eigenvalue weighted by atomic mass is 9.93. The van der Waals surface area contributed by atoms with E-state index in [0.717, 1.165) is 5.69 Å². The normalized spacial score (nSPS) is 11.8. The van der Waals surface area contributed by atoms with Crippen LogP contribution in [0.3, 0.4) is 0 Å². The van der Waals surface area contributed by atoms with Crippen molar-refractivity contribution in [2.75, 3.05) is 19.4 Å². The van der Waals surface area contributed by atoms with E-state index in [1.54, 1.807) is 62.6 Å². The van der Waals surface area contributed by atoms with Crippen molar-refractivity contribution in [3.8, 4) is 22.3 Å².